The fourth-order valence-electron chi connectivity index (χ4n) is 4.28. The molecule has 3 rings (SSSR count). The third-order valence-electron chi connectivity index (χ3n) is 5.61. The molecule has 0 aromatic heterocycles. The number of guanidine groups is 1. The summed E-state index contributed by atoms with van der Waals surface area (Å²) >= 11 is 0. The number of rotatable bonds is 6. The van der Waals surface area contributed by atoms with Gasteiger partial charge < -0.3 is 19.7 Å². The molecule has 1 N–H and O–H groups in total. The molecule has 2 heterocycles. The second-order valence-corrected chi connectivity index (χ2v) is 7.44. The molecular formula is C19H35N3O2. The Kier molecular flexibility index (Phi) is 7.21. The lowest BCUT2D eigenvalue weighted by Gasteiger charge is -2.37. The summed E-state index contributed by atoms with van der Waals surface area (Å²) in [7, 11) is 0. The average molecular weight is 338 g/mol. The van der Waals surface area contributed by atoms with E-state index < -0.39 is 0 Å². The maximum atomic E-state index is 5.96. The number of hydrogen-bond donors (Lipinski definition) is 1. The third kappa shape index (κ3) is 5.09. The Bertz CT molecular complexity index is 390. The third-order valence-corrected chi connectivity index (χ3v) is 5.61. The van der Waals surface area contributed by atoms with E-state index in [0.717, 1.165) is 57.7 Å². The zero-order chi connectivity index (χ0) is 16.6. The SMILES string of the molecule is CCNC(=NCCCC1CCCC1)N1CCOC(C2CCCO2)C1. The van der Waals surface area contributed by atoms with Gasteiger partial charge in [-0.3, -0.25) is 4.99 Å². The lowest BCUT2D eigenvalue weighted by molar-refractivity contribution is -0.0817. The largest absolute Gasteiger partial charge is 0.375 e. The van der Waals surface area contributed by atoms with Crippen molar-refractivity contribution in [1.29, 1.82) is 0 Å². The van der Waals surface area contributed by atoms with Crippen LogP contribution in [0.3, 0.4) is 0 Å². The molecule has 0 aromatic rings. The van der Waals surface area contributed by atoms with Crippen LogP contribution in [0.1, 0.15) is 58.3 Å². The van der Waals surface area contributed by atoms with E-state index in [-0.39, 0.29) is 12.2 Å². The number of nitrogens with one attached hydrogen (secondary N) is 1. The highest BCUT2D eigenvalue weighted by molar-refractivity contribution is 5.80. The van der Waals surface area contributed by atoms with Crippen LogP contribution in [0.4, 0.5) is 0 Å². The van der Waals surface area contributed by atoms with Crippen molar-refractivity contribution in [3.8, 4) is 0 Å². The van der Waals surface area contributed by atoms with Crippen molar-refractivity contribution in [3.05, 3.63) is 0 Å². The maximum Gasteiger partial charge on any atom is 0.194 e. The van der Waals surface area contributed by atoms with Gasteiger partial charge in [-0.15, -0.1) is 0 Å². The second-order valence-electron chi connectivity index (χ2n) is 7.44. The number of hydrogen-bond acceptors (Lipinski definition) is 3. The van der Waals surface area contributed by atoms with E-state index >= 15 is 0 Å². The van der Waals surface area contributed by atoms with Gasteiger partial charge in [-0.1, -0.05) is 25.7 Å². The first kappa shape index (κ1) is 18.0. The van der Waals surface area contributed by atoms with Crippen molar-refractivity contribution in [2.24, 2.45) is 10.9 Å². The van der Waals surface area contributed by atoms with E-state index in [1.54, 1.807) is 0 Å². The topological polar surface area (TPSA) is 46.1 Å². The normalized spacial score (nSPS) is 29.4. The zero-order valence-corrected chi connectivity index (χ0v) is 15.3. The van der Waals surface area contributed by atoms with Crippen LogP contribution in [0.5, 0.6) is 0 Å². The van der Waals surface area contributed by atoms with E-state index in [9.17, 15) is 0 Å². The molecule has 1 aliphatic carbocycles. The smallest absolute Gasteiger partial charge is 0.194 e. The minimum Gasteiger partial charge on any atom is -0.375 e. The number of nitrogens with zero attached hydrogens (tertiary/aromatic N) is 2. The Morgan fingerprint density at radius 3 is 2.67 bits per heavy atom. The lowest BCUT2D eigenvalue weighted by Crippen LogP contribution is -2.53. The lowest BCUT2D eigenvalue weighted by atomic mass is 10.0. The Hall–Kier alpha value is -0.810. The van der Waals surface area contributed by atoms with Crippen LogP contribution in [-0.4, -0.2) is 62.5 Å². The maximum absolute atomic E-state index is 5.96. The Balaban J connectivity index is 1.48. The van der Waals surface area contributed by atoms with E-state index in [1.807, 2.05) is 0 Å². The molecule has 0 spiro atoms. The monoisotopic (exact) mass is 337 g/mol. The standard InChI is InChI=1S/C19H35N3O2/c1-2-20-19(21-11-5-9-16-7-3-4-8-16)22-12-14-24-18(15-22)17-10-6-13-23-17/h16-18H,2-15H2,1H3,(H,20,21). The first-order valence-electron chi connectivity index (χ1n) is 10.1. The summed E-state index contributed by atoms with van der Waals surface area (Å²) in [4.78, 5) is 7.26. The van der Waals surface area contributed by atoms with Gasteiger partial charge in [0.2, 0.25) is 0 Å². The molecule has 0 bridgehead atoms. The van der Waals surface area contributed by atoms with Crippen LogP contribution in [0.2, 0.25) is 0 Å². The molecule has 2 aliphatic heterocycles. The molecule has 3 fully saturated rings. The summed E-state index contributed by atoms with van der Waals surface area (Å²) in [5, 5.41) is 3.47. The summed E-state index contributed by atoms with van der Waals surface area (Å²) < 4.78 is 11.8. The predicted octanol–water partition coefficient (Wildman–Crippen LogP) is 2.80. The van der Waals surface area contributed by atoms with Crippen molar-refractivity contribution in [1.82, 2.24) is 10.2 Å². The molecular weight excluding hydrogens is 302 g/mol. The number of aliphatic imine (C=N–C) groups is 1. The fraction of sp³-hybridized carbons (Fsp3) is 0.947. The van der Waals surface area contributed by atoms with E-state index in [2.05, 4.69) is 17.1 Å². The molecule has 1 saturated carbocycles. The molecule has 0 radical (unpaired) electrons. The number of ether oxygens (including phenoxy) is 2. The minimum absolute atomic E-state index is 0.198. The van der Waals surface area contributed by atoms with Crippen molar-refractivity contribution < 1.29 is 9.47 Å². The molecule has 0 aromatic carbocycles. The molecule has 0 amide bonds. The summed E-state index contributed by atoms with van der Waals surface area (Å²) in [6.07, 6.45) is 11.1. The van der Waals surface area contributed by atoms with Crippen LogP contribution >= 0.6 is 0 Å². The van der Waals surface area contributed by atoms with Crippen molar-refractivity contribution >= 4 is 5.96 Å². The van der Waals surface area contributed by atoms with Gasteiger partial charge in [-0.25, -0.2) is 0 Å². The van der Waals surface area contributed by atoms with Gasteiger partial charge in [-0.05, 0) is 38.5 Å². The van der Waals surface area contributed by atoms with Crippen molar-refractivity contribution in [2.45, 2.75) is 70.5 Å². The average Bonchev–Trinajstić information content (AvgIpc) is 3.31. The van der Waals surface area contributed by atoms with Crippen LogP contribution < -0.4 is 5.32 Å². The van der Waals surface area contributed by atoms with Gasteiger partial charge >= 0.3 is 0 Å². The van der Waals surface area contributed by atoms with Crippen LogP contribution in [0.25, 0.3) is 0 Å². The predicted molar refractivity (Wildman–Crippen MR) is 97.5 cm³/mol. The molecule has 2 saturated heterocycles. The zero-order valence-electron chi connectivity index (χ0n) is 15.3. The van der Waals surface area contributed by atoms with Crippen LogP contribution in [0, 0.1) is 5.92 Å². The summed E-state index contributed by atoms with van der Waals surface area (Å²) in [5.41, 5.74) is 0. The molecule has 5 heteroatoms. The Labute approximate surface area is 147 Å². The fourth-order valence-corrected chi connectivity index (χ4v) is 4.28. The quantitative estimate of drug-likeness (QED) is 0.460. The molecule has 24 heavy (non-hydrogen) atoms. The van der Waals surface area contributed by atoms with Gasteiger partial charge in [0.25, 0.3) is 0 Å². The van der Waals surface area contributed by atoms with Gasteiger partial charge in [0.05, 0.1) is 12.7 Å². The Morgan fingerprint density at radius 1 is 1.08 bits per heavy atom. The summed E-state index contributed by atoms with van der Waals surface area (Å²) in [6, 6.07) is 0. The molecule has 5 nitrogen and oxygen atoms in total. The second kappa shape index (κ2) is 9.62. The van der Waals surface area contributed by atoms with E-state index in [1.165, 1.54) is 44.9 Å². The highest BCUT2D eigenvalue weighted by Crippen LogP contribution is 2.28. The van der Waals surface area contributed by atoms with Gasteiger partial charge in [0.15, 0.2) is 5.96 Å². The first-order valence-corrected chi connectivity index (χ1v) is 10.1. The Morgan fingerprint density at radius 2 is 1.92 bits per heavy atom. The molecule has 138 valence electrons. The van der Waals surface area contributed by atoms with Crippen molar-refractivity contribution in [3.63, 3.8) is 0 Å². The first-order chi connectivity index (χ1) is 11.9. The van der Waals surface area contributed by atoms with Crippen LogP contribution in [-0.2, 0) is 9.47 Å². The van der Waals surface area contributed by atoms with Crippen molar-refractivity contribution in [2.75, 3.05) is 39.4 Å². The highest BCUT2D eigenvalue weighted by Gasteiger charge is 2.32. The minimum atomic E-state index is 0.198. The summed E-state index contributed by atoms with van der Waals surface area (Å²) in [5.74, 6) is 2.03. The van der Waals surface area contributed by atoms with Crippen LogP contribution in [0.15, 0.2) is 4.99 Å². The van der Waals surface area contributed by atoms with Gasteiger partial charge in [0, 0.05) is 32.8 Å². The van der Waals surface area contributed by atoms with E-state index in [4.69, 9.17) is 14.5 Å². The molecule has 3 aliphatic rings. The highest BCUT2D eigenvalue weighted by atomic mass is 16.5. The van der Waals surface area contributed by atoms with Gasteiger partial charge in [-0.2, -0.15) is 0 Å². The van der Waals surface area contributed by atoms with E-state index in [0.29, 0.717) is 0 Å². The van der Waals surface area contributed by atoms with Gasteiger partial charge in [0.1, 0.15) is 6.10 Å². The molecule has 2 atom stereocenters. The number of morpholine rings is 1. The molecule has 2 unspecified atom stereocenters. The summed E-state index contributed by atoms with van der Waals surface area (Å²) in [6.45, 7) is 7.50.